The Labute approximate surface area is 103 Å². The highest BCUT2D eigenvalue weighted by Gasteiger charge is 2.16. The summed E-state index contributed by atoms with van der Waals surface area (Å²) in [5.41, 5.74) is -0.431. The predicted octanol–water partition coefficient (Wildman–Crippen LogP) is 4.48. The number of ether oxygens (including phenoxy) is 1. The second-order valence-electron chi connectivity index (χ2n) is 4.02. The lowest BCUT2D eigenvalue weighted by Gasteiger charge is -2.18. The van der Waals surface area contributed by atoms with Crippen molar-refractivity contribution in [3.8, 4) is 0 Å². The minimum absolute atomic E-state index is 0.273. The molecule has 0 saturated heterocycles. The summed E-state index contributed by atoms with van der Waals surface area (Å²) in [6.45, 7) is 5.56. The van der Waals surface area contributed by atoms with Crippen LogP contribution in [0, 0.1) is 0 Å². The van der Waals surface area contributed by atoms with Gasteiger partial charge in [-0.1, -0.05) is 15.9 Å². The van der Waals surface area contributed by atoms with E-state index < -0.39 is 5.60 Å². The maximum atomic E-state index is 11.4. The molecule has 0 aliphatic carbocycles. The SMILES string of the molecule is CC(C)(C)OC(=O)Sc1ccc(Br)cc1. The second kappa shape index (κ2) is 5.03. The van der Waals surface area contributed by atoms with Crippen molar-refractivity contribution in [3.63, 3.8) is 0 Å². The molecule has 0 N–H and O–H groups in total. The van der Waals surface area contributed by atoms with E-state index in [0.29, 0.717) is 0 Å². The van der Waals surface area contributed by atoms with Crippen molar-refractivity contribution in [2.45, 2.75) is 31.3 Å². The van der Waals surface area contributed by atoms with Crippen LogP contribution in [-0.4, -0.2) is 10.9 Å². The standard InChI is InChI=1S/C11H13BrO2S/c1-11(2,3)14-10(13)15-9-6-4-8(12)5-7-9/h4-7H,1-3H3. The van der Waals surface area contributed by atoms with E-state index in [4.69, 9.17) is 4.74 Å². The van der Waals surface area contributed by atoms with Crippen LogP contribution in [0.4, 0.5) is 4.79 Å². The third-order valence-electron chi connectivity index (χ3n) is 1.40. The highest BCUT2D eigenvalue weighted by molar-refractivity contribution is 9.10. The summed E-state index contributed by atoms with van der Waals surface area (Å²) >= 11 is 4.43. The van der Waals surface area contributed by atoms with Crippen LogP contribution in [0.3, 0.4) is 0 Å². The van der Waals surface area contributed by atoms with Crippen LogP contribution in [0.5, 0.6) is 0 Å². The van der Waals surface area contributed by atoms with Crippen molar-refractivity contribution < 1.29 is 9.53 Å². The summed E-state index contributed by atoms with van der Waals surface area (Å²) < 4.78 is 6.18. The van der Waals surface area contributed by atoms with Gasteiger partial charge in [0.05, 0.1) is 0 Å². The third-order valence-corrected chi connectivity index (χ3v) is 2.69. The Bertz CT molecular complexity index is 341. The highest BCUT2D eigenvalue weighted by Crippen LogP contribution is 2.24. The van der Waals surface area contributed by atoms with Gasteiger partial charge in [0.25, 0.3) is 0 Å². The average Bonchev–Trinajstić information content (AvgIpc) is 2.05. The summed E-state index contributed by atoms with van der Waals surface area (Å²) in [5.74, 6) is 0. The van der Waals surface area contributed by atoms with E-state index in [2.05, 4.69) is 15.9 Å². The Morgan fingerprint density at radius 2 is 1.80 bits per heavy atom. The molecular formula is C11H13BrO2S. The fraction of sp³-hybridized carbons (Fsp3) is 0.364. The van der Waals surface area contributed by atoms with E-state index >= 15 is 0 Å². The van der Waals surface area contributed by atoms with Crippen LogP contribution in [-0.2, 0) is 4.74 Å². The molecule has 0 aliphatic heterocycles. The van der Waals surface area contributed by atoms with Crippen LogP contribution in [0.1, 0.15) is 20.8 Å². The molecule has 0 atom stereocenters. The highest BCUT2D eigenvalue weighted by atomic mass is 79.9. The van der Waals surface area contributed by atoms with Crippen molar-refractivity contribution in [1.29, 1.82) is 0 Å². The van der Waals surface area contributed by atoms with Gasteiger partial charge in [0, 0.05) is 9.37 Å². The Hall–Kier alpha value is -0.480. The Morgan fingerprint density at radius 3 is 2.27 bits per heavy atom. The van der Waals surface area contributed by atoms with Gasteiger partial charge in [-0.05, 0) is 56.8 Å². The van der Waals surface area contributed by atoms with Crippen molar-refractivity contribution in [1.82, 2.24) is 0 Å². The van der Waals surface area contributed by atoms with Crippen molar-refractivity contribution in [2.75, 3.05) is 0 Å². The summed E-state index contributed by atoms with van der Waals surface area (Å²) in [6, 6.07) is 7.54. The van der Waals surface area contributed by atoms with E-state index in [1.54, 1.807) is 0 Å². The number of halogens is 1. The number of benzene rings is 1. The minimum atomic E-state index is -0.431. The molecule has 0 spiro atoms. The molecule has 0 bridgehead atoms. The Kier molecular flexibility index (Phi) is 4.22. The van der Waals surface area contributed by atoms with Crippen LogP contribution in [0.25, 0.3) is 0 Å². The van der Waals surface area contributed by atoms with Gasteiger partial charge >= 0.3 is 5.30 Å². The topological polar surface area (TPSA) is 26.3 Å². The van der Waals surface area contributed by atoms with Crippen LogP contribution >= 0.6 is 27.7 Å². The second-order valence-corrected chi connectivity index (χ2v) is 5.94. The van der Waals surface area contributed by atoms with E-state index in [0.717, 1.165) is 21.1 Å². The largest absolute Gasteiger partial charge is 0.452 e. The van der Waals surface area contributed by atoms with E-state index in [-0.39, 0.29) is 5.30 Å². The molecule has 0 fully saturated rings. The van der Waals surface area contributed by atoms with Gasteiger partial charge in [-0.15, -0.1) is 0 Å². The summed E-state index contributed by atoms with van der Waals surface area (Å²) in [4.78, 5) is 12.3. The molecular weight excluding hydrogens is 276 g/mol. The molecule has 4 heteroatoms. The smallest absolute Gasteiger partial charge is 0.372 e. The average molecular weight is 289 g/mol. The number of thioether (sulfide) groups is 1. The number of hydrogen-bond donors (Lipinski definition) is 0. The summed E-state index contributed by atoms with van der Waals surface area (Å²) in [5, 5.41) is -0.273. The zero-order valence-electron chi connectivity index (χ0n) is 8.91. The fourth-order valence-electron chi connectivity index (χ4n) is 0.870. The first kappa shape index (κ1) is 12.6. The molecule has 2 nitrogen and oxygen atoms in total. The lowest BCUT2D eigenvalue weighted by Crippen LogP contribution is -2.21. The molecule has 15 heavy (non-hydrogen) atoms. The van der Waals surface area contributed by atoms with E-state index in [1.165, 1.54) is 0 Å². The van der Waals surface area contributed by atoms with Gasteiger partial charge in [-0.3, -0.25) is 0 Å². The molecule has 82 valence electrons. The fourth-order valence-corrected chi connectivity index (χ4v) is 1.89. The molecule has 0 amide bonds. The Morgan fingerprint density at radius 1 is 1.27 bits per heavy atom. The first-order valence-electron chi connectivity index (χ1n) is 4.53. The lowest BCUT2D eigenvalue weighted by molar-refractivity contribution is 0.0738. The van der Waals surface area contributed by atoms with E-state index in [1.807, 2.05) is 45.0 Å². The third kappa shape index (κ3) is 5.23. The van der Waals surface area contributed by atoms with Crippen molar-refractivity contribution in [3.05, 3.63) is 28.7 Å². The van der Waals surface area contributed by atoms with Gasteiger partial charge < -0.3 is 4.74 Å². The molecule has 0 aromatic heterocycles. The predicted molar refractivity (Wildman–Crippen MR) is 66.2 cm³/mol. The van der Waals surface area contributed by atoms with Gasteiger partial charge in [0.2, 0.25) is 0 Å². The summed E-state index contributed by atoms with van der Waals surface area (Å²) in [6.07, 6.45) is 0. The summed E-state index contributed by atoms with van der Waals surface area (Å²) in [7, 11) is 0. The number of carbonyl (C=O) groups excluding carboxylic acids is 1. The minimum Gasteiger partial charge on any atom is -0.452 e. The number of carbonyl (C=O) groups is 1. The van der Waals surface area contributed by atoms with Gasteiger partial charge in [-0.25, -0.2) is 4.79 Å². The molecule has 1 aromatic carbocycles. The molecule has 0 radical (unpaired) electrons. The first-order chi connectivity index (χ1) is 6.87. The Balaban J connectivity index is 2.55. The zero-order chi connectivity index (χ0) is 11.5. The van der Waals surface area contributed by atoms with Crippen molar-refractivity contribution >= 4 is 33.0 Å². The monoisotopic (exact) mass is 288 g/mol. The maximum Gasteiger partial charge on any atom is 0.372 e. The number of rotatable bonds is 1. The number of hydrogen-bond acceptors (Lipinski definition) is 3. The molecule has 1 rings (SSSR count). The van der Waals surface area contributed by atoms with Crippen LogP contribution in [0.15, 0.2) is 33.6 Å². The quantitative estimate of drug-likeness (QED) is 0.563. The normalized spacial score (nSPS) is 11.2. The zero-order valence-corrected chi connectivity index (χ0v) is 11.3. The van der Waals surface area contributed by atoms with E-state index in [9.17, 15) is 4.79 Å². The lowest BCUT2D eigenvalue weighted by atomic mass is 10.2. The maximum absolute atomic E-state index is 11.4. The molecule has 0 aliphatic rings. The van der Waals surface area contributed by atoms with Crippen molar-refractivity contribution in [2.24, 2.45) is 0 Å². The van der Waals surface area contributed by atoms with Crippen LogP contribution < -0.4 is 0 Å². The molecule has 0 saturated carbocycles. The van der Waals surface area contributed by atoms with Gasteiger partial charge in [0.1, 0.15) is 5.60 Å². The van der Waals surface area contributed by atoms with Gasteiger partial charge in [0.15, 0.2) is 0 Å². The van der Waals surface area contributed by atoms with Gasteiger partial charge in [-0.2, -0.15) is 0 Å². The molecule has 0 unspecified atom stereocenters. The molecule has 0 heterocycles. The molecule has 1 aromatic rings. The first-order valence-corrected chi connectivity index (χ1v) is 6.14. The van der Waals surface area contributed by atoms with Crippen LogP contribution in [0.2, 0.25) is 0 Å².